The average molecular weight is 309 g/mol. The number of hydrogen-bond donors (Lipinski definition) is 2. The van der Waals surface area contributed by atoms with E-state index in [0.29, 0.717) is 6.54 Å². The van der Waals surface area contributed by atoms with Crippen LogP contribution in [0.4, 0.5) is 0 Å². The standard InChI is InChI=1S/C14H19N3O3S/c15-21(19,20)9-13-11-7-17(8-12(11)14(18)16-13)6-10-4-2-1-3-5-10/h1-5,11-13H,6-9H2,(H,16,18)(H2,15,19,20)/t11-,12+,13+/m0/s1. The van der Waals surface area contributed by atoms with Crippen LogP contribution in [0.25, 0.3) is 0 Å². The molecule has 2 saturated heterocycles. The highest BCUT2D eigenvalue weighted by Gasteiger charge is 2.48. The number of hydrogen-bond acceptors (Lipinski definition) is 4. The zero-order chi connectivity index (χ0) is 15.0. The number of carbonyl (C=O) groups excluding carboxylic acids is 1. The highest BCUT2D eigenvalue weighted by molar-refractivity contribution is 7.89. The average Bonchev–Trinajstić information content (AvgIpc) is 2.91. The predicted molar refractivity (Wildman–Crippen MR) is 78.6 cm³/mol. The first-order chi connectivity index (χ1) is 9.92. The van der Waals surface area contributed by atoms with Gasteiger partial charge in [-0.15, -0.1) is 0 Å². The number of sulfonamides is 1. The molecule has 1 aromatic carbocycles. The Labute approximate surface area is 124 Å². The van der Waals surface area contributed by atoms with Crippen LogP contribution in [0.5, 0.6) is 0 Å². The molecule has 0 spiro atoms. The third-order valence-corrected chi connectivity index (χ3v) is 5.11. The van der Waals surface area contributed by atoms with E-state index >= 15 is 0 Å². The highest BCUT2D eigenvalue weighted by Crippen LogP contribution is 2.32. The minimum Gasteiger partial charge on any atom is -0.352 e. The van der Waals surface area contributed by atoms with Crippen molar-refractivity contribution in [1.82, 2.24) is 10.2 Å². The minimum atomic E-state index is -3.58. The lowest BCUT2D eigenvalue weighted by Crippen LogP contribution is -2.40. The summed E-state index contributed by atoms with van der Waals surface area (Å²) in [6.07, 6.45) is 0. The second-order valence-electron chi connectivity index (χ2n) is 5.89. The summed E-state index contributed by atoms with van der Waals surface area (Å²) in [5.41, 5.74) is 1.20. The summed E-state index contributed by atoms with van der Waals surface area (Å²) in [6.45, 7) is 2.17. The van der Waals surface area contributed by atoms with Gasteiger partial charge in [0.15, 0.2) is 0 Å². The van der Waals surface area contributed by atoms with Crippen molar-refractivity contribution in [2.75, 3.05) is 18.8 Å². The molecule has 3 atom stereocenters. The Morgan fingerprint density at radius 3 is 2.62 bits per heavy atom. The molecule has 0 bridgehead atoms. The lowest BCUT2D eigenvalue weighted by Gasteiger charge is -2.20. The van der Waals surface area contributed by atoms with Crippen LogP contribution in [0.15, 0.2) is 30.3 Å². The van der Waals surface area contributed by atoms with E-state index in [1.807, 2.05) is 18.2 Å². The maximum absolute atomic E-state index is 12.0. The molecule has 2 heterocycles. The maximum Gasteiger partial charge on any atom is 0.225 e. The topological polar surface area (TPSA) is 92.5 Å². The number of nitrogens with one attached hydrogen (secondary N) is 1. The van der Waals surface area contributed by atoms with Crippen molar-refractivity contribution in [3.05, 3.63) is 35.9 Å². The number of nitrogens with zero attached hydrogens (tertiary/aromatic N) is 1. The van der Waals surface area contributed by atoms with E-state index in [9.17, 15) is 13.2 Å². The second-order valence-corrected chi connectivity index (χ2v) is 7.55. The van der Waals surface area contributed by atoms with Crippen LogP contribution in [0.2, 0.25) is 0 Å². The number of primary sulfonamides is 1. The van der Waals surface area contributed by atoms with Crippen LogP contribution < -0.4 is 10.5 Å². The van der Waals surface area contributed by atoms with Crippen LogP contribution in [-0.4, -0.2) is 44.1 Å². The molecular weight excluding hydrogens is 290 g/mol. The third-order valence-electron chi connectivity index (χ3n) is 4.28. The summed E-state index contributed by atoms with van der Waals surface area (Å²) in [4.78, 5) is 14.2. The summed E-state index contributed by atoms with van der Waals surface area (Å²) in [5.74, 6) is -0.330. The van der Waals surface area contributed by atoms with Gasteiger partial charge in [0.1, 0.15) is 0 Å². The molecule has 0 radical (unpaired) electrons. The summed E-state index contributed by atoms with van der Waals surface area (Å²) in [6, 6.07) is 9.69. The molecule has 0 unspecified atom stereocenters. The summed E-state index contributed by atoms with van der Waals surface area (Å²) < 4.78 is 22.5. The highest BCUT2D eigenvalue weighted by atomic mass is 32.2. The zero-order valence-corrected chi connectivity index (χ0v) is 12.4. The third kappa shape index (κ3) is 3.25. The number of carbonyl (C=O) groups is 1. The first-order valence-corrected chi connectivity index (χ1v) is 8.71. The minimum absolute atomic E-state index is 0.0273. The molecule has 114 valence electrons. The number of amides is 1. The Kier molecular flexibility index (Phi) is 3.73. The summed E-state index contributed by atoms with van der Waals surface area (Å²) in [5, 5.41) is 7.88. The van der Waals surface area contributed by atoms with Crippen molar-refractivity contribution in [2.45, 2.75) is 12.6 Å². The van der Waals surface area contributed by atoms with Gasteiger partial charge in [0.2, 0.25) is 15.9 Å². The number of fused-ring (bicyclic) bond motifs is 1. The number of benzene rings is 1. The molecule has 7 heteroatoms. The molecule has 0 aromatic heterocycles. The van der Waals surface area contributed by atoms with Crippen molar-refractivity contribution in [2.24, 2.45) is 17.0 Å². The van der Waals surface area contributed by atoms with E-state index in [-0.39, 0.29) is 29.5 Å². The van der Waals surface area contributed by atoms with Crippen LogP contribution >= 0.6 is 0 Å². The van der Waals surface area contributed by atoms with Gasteiger partial charge in [-0.1, -0.05) is 30.3 Å². The SMILES string of the molecule is NS(=O)(=O)C[C@H]1NC(=O)[C@@H]2CN(Cc3ccccc3)C[C@H]12. The van der Waals surface area contributed by atoms with Crippen LogP contribution in [-0.2, 0) is 21.4 Å². The van der Waals surface area contributed by atoms with Gasteiger partial charge < -0.3 is 5.32 Å². The largest absolute Gasteiger partial charge is 0.352 e. The Balaban J connectivity index is 1.68. The van der Waals surface area contributed by atoms with Crippen molar-refractivity contribution in [3.63, 3.8) is 0 Å². The fourth-order valence-electron chi connectivity index (χ4n) is 3.38. The van der Waals surface area contributed by atoms with E-state index < -0.39 is 10.0 Å². The second kappa shape index (κ2) is 5.40. The zero-order valence-electron chi connectivity index (χ0n) is 11.6. The van der Waals surface area contributed by atoms with Crippen molar-refractivity contribution in [3.8, 4) is 0 Å². The molecule has 1 amide bonds. The first-order valence-electron chi connectivity index (χ1n) is 6.99. The normalized spacial score (nSPS) is 29.4. The van der Waals surface area contributed by atoms with Crippen LogP contribution in [0, 0.1) is 11.8 Å². The molecule has 3 rings (SSSR count). The maximum atomic E-state index is 12.0. The lowest BCUT2D eigenvalue weighted by molar-refractivity contribution is -0.122. The molecular formula is C14H19N3O3S. The van der Waals surface area contributed by atoms with Crippen molar-refractivity contribution >= 4 is 15.9 Å². The Morgan fingerprint density at radius 2 is 1.95 bits per heavy atom. The molecule has 0 aliphatic carbocycles. The van der Waals surface area contributed by atoms with Gasteiger partial charge in [-0.25, -0.2) is 13.6 Å². The van der Waals surface area contributed by atoms with Crippen LogP contribution in [0.1, 0.15) is 5.56 Å². The molecule has 0 saturated carbocycles. The fraction of sp³-hybridized carbons (Fsp3) is 0.500. The molecule has 3 N–H and O–H groups in total. The smallest absolute Gasteiger partial charge is 0.225 e. The lowest BCUT2D eigenvalue weighted by atomic mass is 9.95. The van der Waals surface area contributed by atoms with Gasteiger partial charge in [-0.3, -0.25) is 9.69 Å². The Morgan fingerprint density at radius 1 is 1.24 bits per heavy atom. The molecule has 2 fully saturated rings. The monoisotopic (exact) mass is 309 g/mol. The number of likely N-dealkylation sites (tertiary alicyclic amines) is 1. The van der Waals surface area contributed by atoms with E-state index in [1.54, 1.807) is 0 Å². The summed E-state index contributed by atoms with van der Waals surface area (Å²) >= 11 is 0. The van der Waals surface area contributed by atoms with Gasteiger partial charge in [0.25, 0.3) is 0 Å². The predicted octanol–water partition coefficient (Wildman–Crippen LogP) is -0.478. The van der Waals surface area contributed by atoms with E-state index in [1.165, 1.54) is 5.56 Å². The quantitative estimate of drug-likeness (QED) is 0.786. The van der Waals surface area contributed by atoms with Crippen molar-refractivity contribution in [1.29, 1.82) is 0 Å². The van der Waals surface area contributed by atoms with Gasteiger partial charge in [0.05, 0.1) is 11.7 Å². The number of rotatable bonds is 4. The fourth-order valence-corrected chi connectivity index (χ4v) is 4.21. The molecule has 6 nitrogen and oxygen atoms in total. The Hall–Kier alpha value is -1.44. The summed E-state index contributed by atoms with van der Waals surface area (Å²) in [7, 11) is -3.58. The van der Waals surface area contributed by atoms with Crippen LogP contribution in [0.3, 0.4) is 0 Å². The first kappa shape index (κ1) is 14.5. The van der Waals surface area contributed by atoms with E-state index in [2.05, 4.69) is 22.3 Å². The number of nitrogens with two attached hydrogens (primary N) is 1. The van der Waals surface area contributed by atoms with Crippen molar-refractivity contribution < 1.29 is 13.2 Å². The molecule has 21 heavy (non-hydrogen) atoms. The molecule has 2 aliphatic heterocycles. The van der Waals surface area contributed by atoms with E-state index in [0.717, 1.165) is 13.1 Å². The Bertz CT molecular complexity index is 632. The van der Waals surface area contributed by atoms with Gasteiger partial charge in [-0.05, 0) is 5.56 Å². The van der Waals surface area contributed by atoms with E-state index in [4.69, 9.17) is 5.14 Å². The van der Waals surface area contributed by atoms with Gasteiger partial charge >= 0.3 is 0 Å². The molecule has 2 aliphatic rings. The van der Waals surface area contributed by atoms with Gasteiger partial charge in [0, 0.05) is 31.6 Å². The molecule has 1 aromatic rings. The van der Waals surface area contributed by atoms with Gasteiger partial charge in [-0.2, -0.15) is 0 Å².